The van der Waals surface area contributed by atoms with E-state index >= 15 is 0 Å². The topological polar surface area (TPSA) is 53.5 Å². The van der Waals surface area contributed by atoms with E-state index in [0.29, 0.717) is 6.54 Å². The highest BCUT2D eigenvalue weighted by atomic mass is 32.1. The number of nitrogens with zero attached hydrogens (tertiary/aromatic N) is 3. The van der Waals surface area contributed by atoms with E-state index in [4.69, 9.17) is 0 Å². The Morgan fingerprint density at radius 3 is 2.34 bits per heavy atom. The smallest absolute Gasteiger partial charge is 0.304 e. The van der Waals surface area contributed by atoms with Gasteiger partial charge in [-0.3, -0.25) is 9.69 Å². The third-order valence-electron chi connectivity index (χ3n) is 4.98. The average Bonchev–Trinajstić information content (AvgIpc) is 3.28. The van der Waals surface area contributed by atoms with Crippen molar-refractivity contribution in [1.29, 1.82) is 0 Å². The molecule has 5 nitrogen and oxygen atoms in total. The number of thiazole rings is 1. The zero-order chi connectivity index (χ0) is 20.2. The molecule has 1 aliphatic heterocycles. The molecule has 2 heterocycles. The summed E-state index contributed by atoms with van der Waals surface area (Å²) in [6, 6.07) is 18.4. The van der Waals surface area contributed by atoms with E-state index in [1.54, 1.807) is 16.2 Å². The molecular weight excluding hydrogens is 382 g/mol. The maximum absolute atomic E-state index is 13.3. The van der Waals surface area contributed by atoms with E-state index in [1.165, 1.54) is 4.90 Å². The molecule has 6 heteroatoms. The molecule has 1 atom stereocenters. The summed E-state index contributed by atoms with van der Waals surface area (Å²) in [6.45, 7) is 2.71. The van der Waals surface area contributed by atoms with Gasteiger partial charge in [0.15, 0.2) is 0 Å². The van der Waals surface area contributed by atoms with Gasteiger partial charge < -0.3 is 4.90 Å². The highest BCUT2D eigenvalue weighted by Gasteiger charge is 2.45. The third kappa shape index (κ3) is 4.07. The first kappa shape index (κ1) is 19.3. The molecule has 3 aromatic rings. The minimum atomic E-state index is -0.613. The van der Waals surface area contributed by atoms with Gasteiger partial charge in [-0.05, 0) is 24.0 Å². The molecule has 0 spiro atoms. The number of hydrogen-bond acceptors (Lipinski definition) is 4. The lowest BCUT2D eigenvalue weighted by Crippen LogP contribution is -2.32. The summed E-state index contributed by atoms with van der Waals surface area (Å²) < 4.78 is 0. The van der Waals surface area contributed by atoms with Crippen molar-refractivity contribution in [2.75, 3.05) is 0 Å². The van der Waals surface area contributed by atoms with Crippen LogP contribution in [0.1, 0.15) is 41.2 Å². The molecule has 1 aromatic heterocycles. The van der Waals surface area contributed by atoms with E-state index in [-0.39, 0.29) is 18.5 Å². The predicted molar refractivity (Wildman–Crippen MR) is 113 cm³/mol. The molecular formula is C23H23N3O2S. The number of carbonyl (C=O) groups excluding carboxylic acids is 2. The first-order chi connectivity index (χ1) is 14.2. The zero-order valence-electron chi connectivity index (χ0n) is 16.3. The first-order valence-corrected chi connectivity index (χ1v) is 10.7. The molecule has 1 fully saturated rings. The van der Waals surface area contributed by atoms with Crippen molar-refractivity contribution in [2.45, 2.75) is 38.9 Å². The van der Waals surface area contributed by atoms with Gasteiger partial charge in [-0.2, -0.15) is 0 Å². The lowest BCUT2D eigenvalue weighted by molar-refractivity contribution is -0.129. The fourth-order valence-electron chi connectivity index (χ4n) is 3.60. The van der Waals surface area contributed by atoms with E-state index in [1.807, 2.05) is 66.0 Å². The monoisotopic (exact) mass is 405 g/mol. The summed E-state index contributed by atoms with van der Waals surface area (Å²) in [5.41, 5.74) is 2.60. The van der Waals surface area contributed by atoms with Gasteiger partial charge in [0.2, 0.25) is 0 Å². The second-order valence-corrected chi connectivity index (χ2v) is 8.06. The van der Waals surface area contributed by atoms with Gasteiger partial charge in [0, 0.05) is 11.9 Å². The largest absolute Gasteiger partial charge is 0.328 e. The van der Waals surface area contributed by atoms with Crippen LogP contribution in [0.25, 0.3) is 0 Å². The van der Waals surface area contributed by atoms with Crippen LogP contribution < -0.4 is 0 Å². The third-order valence-corrected chi connectivity index (χ3v) is 5.94. The molecule has 1 aliphatic rings. The van der Waals surface area contributed by atoms with E-state index in [9.17, 15) is 9.59 Å². The van der Waals surface area contributed by atoms with Crippen LogP contribution in [0.5, 0.6) is 0 Å². The molecule has 3 amide bonds. The van der Waals surface area contributed by atoms with Crippen molar-refractivity contribution in [3.05, 3.63) is 87.9 Å². The Morgan fingerprint density at radius 1 is 0.966 bits per heavy atom. The van der Waals surface area contributed by atoms with E-state index in [2.05, 4.69) is 11.9 Å². The zero-order valence-corrected chi connectivity index (χ0v) is 17.1. The summed E-state index contributed by atoms with van der Waals surface area (Å²) in [4.78, 5) is 34.1. The van der Waals surface area contributed by atoms with Crippen LogP contribution in [-0.2, 0) is 24.3 Å². The van der Waals surface area contributed by atoms with Crippen LogP contribution in [-0.4, -0.2) is 26.7 Å². The standard InChI is InChI=1S/C23H23N3O2S/c1-2-9-20-24-19(16-29-20)15-26-22(27)21(18-12-7-4-8-13-18)25(23(26)28)14-17-10-5-3-6-11-17/h3-8,10-13,16,21H,2,9,14-15H2,1H3. The fourth-order valence-corrected chi connectivity index (χ4v) is 4.49. The number of imide groups is 1. The quantitative estimate of drug-likeness (QED) is 0.531. The second kappa shape index (κ2) is 8.57. The van der Waals surface area contributed by atoms with Crippen LogP contribution in [0.3, 0.4) is 0 Å². The molecule has 1 saturated heterocycles. The number of hydrogen-bond donors (Lipinski definition) is 0. The number of benzene rings is 2. The van der Waals surface area contributed by atoms with Gasteiger partial charge >= 0.3 is 6.03 Å². The SMILES string of the molecule is CCCc1nc(CN2C(=O)C(c3ccccc3)N(Cc3ccccc3)C2=O)cs1. The highest BCUT2D eigenvalue weighted by Crippen LogP contribution is 2.33. The molecule has 1 unspecified atom stereocenters. The Labute approximate surface area is 174 Å². The number of rotatable bonds is 7. The normalized spacial score (nSPS) is 16.7. The number of amides is 3. The lowest BCUT2D eigenvalue weighted by Gasteiger charge is -2.22. The van der Waals surface area contributed by atoms with Crippen LogP contribution in [0.4, 0.5) is 4.79 Å². The molecule has 0 aliphatic carbocycles. The van der Waals surface area contributed by atoms with Gasteiger partial charge in [-0.15, -0.1) is 11.3 Å². The van der Waals surface area contributed by atoms with E-state index < -0.39 is 6.04 Å². The highest BCUT2D eigenvalue weighted by molar-refractivity contribution is 7.09. The minimum Gasteiger partial charge on any atom is -0.304 e. The van der Waals surface area contributed by atoms with Crippen LogP contribution in [0.15, 0.2) is 66.0 Å². The van der Waals surface area contributed by atoms with Crippen LogP contribution in [0, 0.1) is 0 Å². The minimum absolute atomic E-state index is 0.192. The van der Waals surface area contributed by atoms with Crippen molar-refractivity contribution >= 4 is 23.3 Å². The number of urea groups is 1. The molecule has 0 N–H and O–H groups in total. The molecule has 29 heavy (non-hydrogen) atoms. The summed E-state index contributed by atoms with van der Waals surface area (Å²) in [5, 5.41) is 2.99. The summed E-state index contributed by atoms with van der Waals surface area (Å²) in [6.07, 6.45) is 1.94. The van der Waals surface area contributed by atoms with Crippen molar-refractivity contribution < 1.29 is 9.59 Å². The average molecular weight is 406 g/mol. The molecule has 4 rings (SSSR count). The van der Waals surface area contributed by atoms with Gasteiger partial charge in [-0.1, -0.05) is 67.6 Å². The Bertz CT molecular complexity index is 988. The van der Waals surface area contributed by atoms with Crippen LogP contribution >= 0.6 is 11.3 Å². The van der Waals surface area contributed by atoms with Gasteiger partial charge in [-0.25, -0.2) is 9.78 Å². The van der Waals surface area contributed by atoms with E-state index in [0.717, 1.165) is 34.7 Å². The maximum Gasteiger partial charge on any atom is 0.328 e. The Hall–Kier alpha value is -2.99. The number of aryl methyl sites for hydroxylation is 1. The van der Waals surface area contributed by atoms with Crippen molar-refractivity contribution in [3.8, 4) is 0 Å². The van der Waals surface area contributed by atoms with Crippen molar-refractivity contribution in [1.82, 2.24) is 14.8 Å². The number of aromatic nitrogens is 1. The molecule has 2 aromatic carbocycles. The first-order valence-electron chi connectivity index (χ1n) is 9.81. The Kier molecular flexibility index (Phi) is 5.71. The molecule has 148 valence electrons. The van der Waals surface area contributed by atoms with Gasteiger partial charge in [0.25, 0.3) is 5.91 Å². The Morgan fingerprint density at radius 2 is 1.66 bits per heavy atom. The molecule has 0 bridgehead atoms. The molecule has 0 radical (unpaired) electrons. The Balaban J connectivity index is 1.63. The van der Waals surface area contributed by atoms with Crippen molar-refractivity contribution in [2.24, 2.45) is 0 Å². The number of carbonyl (C=O) groups is 2. The maximum atomic E-state index is 13.3. The fraction of sp³-hybridized carbons (Fsp3) is 0.261. The molecule has 0 saturated carbocycles. The summed E-state index contributed by atoms with van der Waals surface area (Å²) in [5.74, 6) is -0.192. The van der Waals surface area contributed by atoms with Gasteiger partial charge in [0.05, 0.1) is 17.2 Å². The van der Waals surface area contributed by atoms with Crippen LogP contribution in [0.2, 0.25) is 0 Å². The summed E-state index contributed by atoms with van der Waals surface area (Å²) >= 11 is 1.59. The second-order valence-electron chi connectivity index (χ2n) is 7.12. The van der Waals surface area contributed by atoms with Gasteiger partial charge in [0.1, 0.15) is 6.04 Å². The summed E-state index contributed by atoms with van der Waals surface area (Å²) in [7, 11) is 0. The van der Waals surface area contributed by atoms with Crippen molar-refractivity contribution in [3.63, 3.8) is 0 Å². The predicted octanol–water partition coefficient (Wildman–Crippen LogP) is 4.80. The lowest BCUT2D eigenvalue weighted by atomic mass is 10.1.